The summed E-state index contributed by atoms with van der Waals surface area (Å²) in [6.07, 6.45) is 72.1. The largest absolute Gasteiger partial charge is 0.494 e. The number of hydrogen-bond acceptors (Lipinski definition) is 16. The van der Waals surface area contributed by atoms with Gasteiger partial charge in [0.15, 0.2) is 0 Å². The summed E-state index contributed by atoms with van der Waals surface area (Å²) in [5.41, 5.74) is 10.0. The van der Waals surface area contributed by atoms with Gasteiger partial charge in [-0.25, -0.2) is 0 Å². The van der Waals surface area contributed by atoms with Gasteiger partial charge in [-0.2, -0.15) is 0 Å². The fraction of sp³-hybridized carbons (Fsp3) is 0.454. The highest BCUT2D eigenvalue weighted by Crippen LogP contribution is 2.42. The molecule has 6 aromatic rings. The van der Waals surface area contributed by atoms with Gasteiger partial charge in [-0.3, -0.25) is 63.0 Å². The summed E-state index contributed by atoms with van der Waals surface area (Å²) < 4.78 is 19.4. The maximum Gasteiger partial charge on any atom is 0.234 e. The number of aryl methyl sites for hydroxylation is 5. The first-order valence-electron chi connectivity index (χ1n) is 52.9. The number of benzene rings is 6. The Morgan fingerprint density at radius 2 is 0.648 bits per heavy atom. The van der Waals surface area contributed by atoms with Crippen LogP contribution in [0.1, 0.15) is 221 Å². The molecule has 7 amide bonds. The third-order valence-corrected chi connectivity index (χ3v) is 29.5. The van der Waals surface area contributed by atoms with Gasteiger partial charge in [0.05, 0.1) is 84.1 Å². The van der Waals surface area contributed by atoms with Gasteiger partial charge < -0.3 is 34.2 Å². The SMILES string of the molecule is CC(=O)NCCCC(=O)N1C(=O)CCc2cc(CCC=CCC=CCC=CCC=CCC=CCC=CCCC(=O)N3C(=O)CCc4cc(CCCCCC=CCC=CCC=CCC=CCC=CCCC(=O)N5C(=O)CCc6ccc(OCCCCN7CCN(c8cccc(Cl)c8Cl)CC7)cc65)c(OCCCCN5CCN(c6cccc(Cl)c6Cl)CC5)cc43)c(OCCCCN3CCN(c4cccc(Cl)c4Cl)CC3)cc21. The van der Waals surface area contributed by atoms with Gasteiger partial charge in [0.1, 0.15) is 17.2 Å². The van der Waals surface area contributed by atoms with E-state index in [2.05, 4.69) is 168 Å². The zero-order chi connectivity index (χ0) is 102. The topological polar surface area (TPSA) is 188 Å². The van der Waals surface area contributed by atoms with Crippen molar-refractivity contribution < 1.29 is 47.8 Å². The van der Waals surface area contributed by atoms with Crippen LogP contribution in [-0.4, -0.2) is 181 Å². The molecular weight excluding hydrogens is 1940 g/mol. The van der Waals surface area contributed by atoms with Crippen LogP contribution < -0.4 is 48.9 Å². The average molecular weight is 2090 g/mol. The Kier molecular flexibility index (Phi) is 49.7. The summed E-state index contributed by atoms with van der Waals surface area (Å²) in [5, 5.41) is 6.27. The number of fused-ring (bicyclic) bond motifs is 3. The number of rotatable bonds is 58. The van der Waals surface area contributed by atoms with Gasteiger partial charge in [-0.15, -0.1) is 0 Å². The zero-order valence-electron chi connectivity index (χ0n) is 84.8. The molecule has 0 bridgehead atoms. The molecule has 145 heavy (non-hydrogen) atoms. The molecule has 0 atom stereocenters. The lowest BCUT2D eigenvalue weighted by Gasteiger charge is -2.36. The number of nitrogens with one attached hydrogen (secondary N) is 1. The van der Waals surface area contributed by atoms with E-state index in [9.17, 15) is 33.6 Å². The van der Waals surface area contributed by atoms with E-state index in [4.69, 9.17) is 83.8 Å². The fourth-order valence-electron chi connectivity index (χ4n) is 19.0. The number of carbonyl (C=O) groups is 7. The minimum Gasteiger partial charge on any atom is -0.494 e. The normalized spacial score (nSPS) is 16.0. The van der Waals surface area contributed by atoms with E-state index < -0.39 is 0 Å². The fourth-order valence-corrected chi connectivity index (χ4v) is 20.3. The monoisotopic (exact) mass is 2090 g/mol. The number of ether oxygens (including phenoxy) is 3. The second kappa shape index (κ2) is 63.5. The van der Waals surface area contributed by atoms with Crippen molar-refractivity contribution in [1.29, 1.82) is 0 Å². The first kappa shape index (κ1) is 113. The lowest BCUT2D eigenvalue weighted by molar-refractivity contribution is -0.128. The van der Waals surface area contributed by atoms with E-state index >= 15 is 0 Å². The summed E-state index contributed by atoms with van der Waals surface area (Å²) in [7, 11) is 0. The van der Waals surface area contributed by atoms with Gasteiger partial charge in [-0.1, -0.05) is 246 Å². The number of carbonyl (C=O) groups excluding carboxylic acids is 7. The number of anilines is 6. The maximum absolute atomic E-state index is 14.1. The third-order valence-electron chi connectivity index (χ3n) is 27.1. The molecule has 776 valence electrons. The number of imide groups is 3. The molecule has 6 aliphatic heterocycles. The Morgan fingerprint density at radius 1 is 0.310 bits per heavy atom. The lowest BCUT2D eigenvalue weighted by atomic mass is 9.95. The van der Waals surface area contributed by atoms with Crippen LogP contribution in [0.4, 0.5) is 34.1 Å². The first-order chi connectivity index (χ1) is 70.8. The predicted octanol–water partition coefficient (Wildman–Crippen LogP) is 26.5. The van der Waals surface area contributed by atoms with Crippen molar-refractivity contribution in [2.24, 2.45) is 0 Å². The number of allylic oxidation sites excluding steroid dienone is 22. The summed E-state index contributed by atoms with van der Waals surface area (Å²) in [6, 6.07) is 31.4. The predicted molar refractivity (Wildman–Crippen MR) is 600 cm³/mol. The number of halogens is 6. The van der Waals surface area contributed by atoms with Crippen molar-refractivity contribution in [1.82, 2.24) is 20.0 Å². The second-order valence-corrected chi connectivity index (χ2v) is 40.2. The molecule has 20 nitrogen and oxygen atoms in total. The van der Waals surface area contributed by atoms with Gasteiger partial charge in [0, 0.05) is 149 Å². The second-order valence-electron chi connectivity index (χ2n) is 37.8. The first-order valence-corrected chi connectivity index (χ1v) is 55.2. The maximum atomic E-state index is 14.1. The smallest absolute Gasteiger partial charge is 0.234 e. The van der Waals surface area contributed by atoms with E-state index in [-0.39, 0.29) is 67.0 Å². The molecule has 0 unspecified atom stereocenters. The van der Waals surface area contributed by atoms with Crippen LogP contribution in [0.15, 0.2) is 231 Å². The number of amides is 7. The van der Waals surface area contributed by atoms with Gasteiger partial charge in [0.25, 0.3) is 0 Å². The number of nitrogens with zero attached hydrogens (tertiary/aromatic N) is 9. The summed E-state index contributed by atoms with van der Waals surface area (Å²) in [6.45, 7) is 17.3. The molecule has 0 aromatic heterocycles. The minimum absolute atomic E-state index is 0.145. The van der Waals surface area contributed by atoms with Gasteiger partial charge in [0.2, 0.25) is 41.4 Å². The van der Waals surface area contributed by atoms with Crippen LogP contribution in [0.3, 0.4) is 0 Å². The third kappa shape index (κ3) is 37.5. The standard InChI is InChI=1S/C119H148Cl6N10O10/c1-93(136)126-69-49-60-113(139)135-108-92-110(145-87-45-42-72-129-77-83-132(84-78-129)105-57-48-54-102(122)119(105)125)98(89-96(108)64-68-116(135)142)51-37-33-29-25-21-17-13-9-5-3-7-11-15-19-23-27-31-35-39-59-112(138)134-107-91-109(144-86-44-41-71-128-75-81-131(82-76-128)104-56-47-53-101(121)118(104)124)97(88-95(107)63-67-115(134)141)50-36-32-28-24-20-16-12-8-4-2-6-10-14-18-22-26-30-34-38-58-111(137)133-106-90-99(65-61-94(106)62-66-114(133)140)143-85-43-40-70-127-73-79-130(80-74-127)103-55-46-52-100(120)117(103)123/h4-11,16-23,29-31,33-35,46-48,52-57,61,65,88-92H,2-3,12-15,24-28,32,36-45,49-51,58-60,62-64,66-87H2,1H3,(H,126,136). The van der Waals surface area contributed by atoms with Crippen molar-refractivity contribution in [2.75, 3.05) is 154 Å². The molecular formula is C119H148Cl6N10O10. The quantitative estimate of drug-likeness (QED) is 0.0280. The van der Waals surface area contributed by atoms with E-state index in [1.807, 2.05) is 97.1 Å². The zero-order valence-corrected chi connectivity index (χ0v) is 89.3. The van der Waals surface area contributed by atoms with Crippen LogP contribution in [-0.2, 0) is 65.7 Å². The molecule has 6 aliphatic rings. The molecule has 3 saturated heterocycles. The molecule has 0 aliphatic carbocycles. The lowest BCUT2D eigenvalue weighted by Crippen LogP contribution is -2.46. The van der Waals surface area contributed by atoms with E-state index in [1.165, 1.54) is 21.6 Å². The van der Waals surface area contributed by atoms with E-state index in [1.54, 1.807) is 0 Å². The highest BCUT2D eigenvalue weighted by Gasteiger charge is 2.35. The summed E-state index contributed by atoms with van der Waals surface area (Å²) >= 11 is 38.6. The number of hydrogen-bond donors (Lipinski definition) is 1. The van der Waals surface area contributed by atoms with Crippen LogP contribution in [0, 0.1) is 0 Å². The molecule has 6 heterocycles. The molecule has 0 spiro atoms. The molecule has 12 rings (SSSR count). The van der Waals surface area contributed by atoms with Crippen molar-refractivity contribution >= 4 is 145 Å². The minimum atomic E-state index is -0.271. The highest BCUT2D eigenvalue weighted by molar-refractivity contribution is 6.45. The number of piperazine rings is 3. The van der Waals surface area contributed by atoms with Crippen molar-refractivity contribution in [2.45, 2.75) is 225 Å². The molecule has 6 aromatic carbocycles. The Labute approximate surface area is 891 Å². The molecule has 0 radical (unpaired) electrons. The van der Waals surface area contributed by atoms with Crippen LogP contribution in [0.5, 0.6) is 17.2 Å². The molecule has 26 heteroatoms. The molecule has 0 saturated carbocycles. The van der Waals surface area contributed by atoms with Crippen LogP contribution in [0.25, 0.3) is 0 Å². The Bertz CT molecular complexity index is 5560. The Morgan fingerprint density at radius 3 is 1.03 bits per heavy atom. The molecule has 1 N–H and O–H groups in total. The Hall–Kier alpha value is -10.2. The van der Waals surface area contributed by atoms with Crippen LogP contribution >= 0.6 is 69.6 Å². The van der Waals surface area contributed by atoms with Crippen molar-refractivity contribution in [3.8, 4) is 17.2 Å². The molecule has 3 fully saturated rings. The summed E-state index contributed by atoms with van der Waals surface area (Å²) in [4.78, 5) is 111. The highest BCUT2D eigenvalue weighted by atomic mass is 35.5. The van der Waals surface area contributed by atoms with Crippen molar-refractivity contribution in [3.05, 3.63) is 289 Å². The number of unbranched alkanes of at least 4 members (excludes halogenated alkanes) is 6. The van der Waals surface area contributed by atoms with E-state index in [0.29, 0.717) is 136 Å². The van der Waals surface area contributed by atoms with E-state index in [0.717, 1.165) is 290 Å². The average Bonchev–Trinajstić information content (AvgIpc) is 0.595. The van der Waals surface area contributed by atoms with Gasteiger partial charge in [-0.05, 0) is 263 Å². The van der Waals surface area contributed by atoms with Gasteiger partial charge >= 0.3 is 0 Å². The summed E-state index contributed by atoms with van der Waals surface area (Å²) in [5.74, 6) is 0.797. The van der Waals surface area contributed by atoms with Crippen molar-refractivity contribution in [3.63, 3.8) is 0 Å². The Balaban J connectivity index is 0.511. The van der Waals surface area contributed by atoms with Crippen LogP contribution in [0.2, 0.25) is 30.1 Å².